The van der Waals surface area contributed by atoms with E-state index in [-0.39, 0.29) is 24.1 Å². The maximum atomic E-state index is 13.9. The Morgan fingerprint density at radius 3 is 2.60 bits per heavy atom. The van der Waals surface area contributed by atoms with Crippen LogP contribution in [-0.2, 0) is 23.4 Å². The highest BCUT2D eigenvalue weighted by Gasteiger charge is 2.45. The monoisotopic (exact) mass is 575 g/mol. The molecule has 0 amide bonds. The van der Waals surface area contributed by atoms with Gasteiger partial charge >= 0.3 is 13.7 Å². The van der Waals surface area contributed by atoms with Gasteiger partial charge in [-0.2, -0.15) is 15.1 Å². The van der Waals surface area contributed by atoms with E-state index < -0.39 is 32.1 Å². The summed E-state index contributed by atoms with van der Waals surface area (Å²) in [6, 6.07) is 7.66. The van der Waals surface area contributed by atoms with Crippen molar-refractivity contribution in [1.82, 2.24) is 24.6 Å². The third kappa shape index (κ3) is 6.72. The lowest BCUT2D eigenvalue weighted by atomic mass is 9.87. The number of carbonyl (C=O) groups excluding carboxylic acids is 1. The Kier molecular flexibility index (Phi) is 8.69. The van der Waals surface area contributed by atoms with Gasteiger partial charge in [-0.25, -0.2) is 9.55 Å². The Hall–Kier alpha value is -3.25. The standard InChI is InChI=1S/C26H38N7O6P/c1-16(2)37-23(34)17(3)31-40(35,39-18-11-9-8-10-12-18)36-14-19-13-26(4,5)24(38-19)33-15-28-20-21(32(6)7)29-25(27)30-22(20)33/h8-12,15-17,19,24H,13-14H2,1-7H3,(H,31,35)(H2,27,29,30)/t17-,19+,24-,40?/m1/s1. The predicted octanol–water partition coefficient (Wildman–Crippen LogP) is 3.92. The summed E-state index contributed by atoms with van der Waals surface area (Å²) >= 11 is 0. The average molecular weight is 576 g/mol. The molecule has 13 nitrogen and oxygen atoms in total. The summed E-state index contributed by atoms with van der Waals surface area (Å²) in [4.78, 5) is 27.5. The van der Waals surface area contributed by atoms with E-state index in [1.807, 2.05) is 29.6 Å². The molecule has 1 saturated heterocycles. The molecule has 2 aromatic heterocycles. The van der Waals surface area contributed by atoms with Crippen LogP contribution in [-0.4, -0.2) is 64.4 Å². The highest BCUT2D eigenvalue weighted by atomic mass is 31.2. The number of benzene rings is 1. The van der Waals surface area contributed by atoms with Crippen molar-refractivity contribution in [3.63, 3.8) is 0 Å². The Morgan fingerprint density at radius 2 is 1.95 bits per heavy atom. The van der Waals surface area contributed by atoms with Gasteiger partial charge in [-0.3, -0.25) is 13.9 Å². The fourth-order valence-corrected chi connectivity index (χ4v) is 6.08. The van der Waals surface area contributed by atoms with Crippen molar-refractivity contribution in [2.75, 3.05) is 31.3 Å². The molecule has 4 rings (SSSR count). The molecule has 1 fully saturated rings. The Morgan fingerprint density at radius 1 is 1.25 bits per heavy atom. The van der Waals surface area contributed by atoms with Crippen LogP contribution in [0.1, 0.15) is 47.3 Å². The minimum Gasteiger partial charge on any atom is -0.462 e. The summed E-state index contributed by atoms with van der Waals surface area (Å²) < 4.78 is 39.0. The first-order chi connectivity index (χ1) is 18.8. The molecule has 0 aliphatic carbocycles. The van der Waals surface area contributed by atoms with E-state index >= 15 is 0 Å². The number of nitrogen functional groups attached to an aromatic ring is 1. The molecule has 1 aliphatic heterocycles. The Balaban J connectivity index is 1.53. The van der Waals surface area contributed by atoms with Crippen molar-refractivity contribution in [3.05, 3.63) is 36.7 Å². The van der Waals surface area contributed by atoms with Gasteiger partial charge in [0.05, 0.1) is 25.1 Å². The van der Waals surface area contributed by atoms with Gasteiger partial charge in [-0.1, -0.05) is 32.0 Å². The quantitative estimate of drug-likeness (QED) is 0.251. The number of para-hydroxylation sites is 1. The molecule has 3 aromatic rings. The van der Waals surface area contributed by atoms with Crippen LogP contribution in [0.2, 0.25) is 0 Å². The van der Waals surface area contributed by atoms with E-state index in [0.717, 1.165) is 0 Å². The zero-order valence-corrected chi connectivity index (χ0v) is 24.8. The van der Waals surface area contributed by atoms with Gasteiger partial charge in [0, 0.05) is 19.5 Å². The zero-order valence-electron chi connectivity index (χ0n) is 23.9. The molecule has 0 saturated carbocycles. The number of esters is 1. The van der Waals surface area contributed by atoms with Gasteiger partial charge in [0.1, 0.15) is 18.0 Å². The predicted molar refractivity (Wildman–Crippen MR) is 151 cm³/mol. The number of imidazole rings is 1. The van der Waals surface area contributed by atoms with Gasteiger partial charge in [0.25, 0.3) is 0 Å². The molecule has 0 bridgehead atoms. The van der Waals surface area contributed by atoms with Gasteiger partial charge in [0.2, 0.25) is 5.95 Å². The molecule has 1 aliphatic rings. The van der Waals surface area contributed by atoms with Gasteiger partial charge in [-0.05, 0) is 39.3 Å². The van der Waals surface area contributed by atoms with E-state index in [4.69, 9.17) is 24.3 Å². The SMILES string of the molecule is CC(C)OC(=O)[C@@H](C)NP(=O)(OC[C@@H]1CC(C)(C)[C@H](n2cnc3c(N(C)C)nc(N)nc32)O1)Oc1ccccc1. The number of nitrogens with two attached hydrogens (primary N) is 1. The lowest BCUT2D eigenvalue weighted by molar-refractivity contribution is -0.149. The zero-order chi connectivity index (χ0) is 29.2. The average Bonchev–Trinajstić information content (AvgIpc) is 3.41. The van der Waals surface area contributed by atoms with E-state index in [1.165, 1.54) is 0 Å². The summed E-state index contributed by atoms with van der Waals surface area (Å²) in [5, 5.41) is 2.71. The lowest BCUT2D eigenvalue weighted by Gasteiger charge is -2.26. The first-order valence-electron chi connectivity index (χ1n) is 13.1. The number of fused-ring (bicyclic) bond motifs is 1. The largest absolute Gasteiger partial charge is 0.462 e. The van der Waals surface area contributed by atoms with Crippen molar-refractivity contribution in [3.8, 4) is 5.75 Å². The summed E-state index contributed by atoms with van der Waals surface area (Å²) in [5.74, 6) is 0.488. The van der Waals surface area contributed by atoms with E-state index in [9.17, 15) is 9.36 Å². The summed E-state index contributed by atoms with van der Waals surface area (Å²) in [7, 11) is -0.309. The third-order valence-electron chi connectivity index (χ3n) is 6.30. The number of nitrogens with zero attached hydrogens (tertiary/aromatic N) is 5. The molecule has 1 aromatic carbocycles. The van der Waals surface area contributed by atoms with E-state index in [2.05, 4.69) is 33.9 Å². The molecular weight excluding hydrogens is 537 g/mol. The smallest absolute Gasteiger partial charge is 0.459 e. The number of hydrogen-bond acceptors (Lipinski definition) is 11. The maximum Gasteiger partial charge on any atom is 0.459 e. The highest BCUT2D eigenvalue weighted by molar-refractivity contribution is 7.52. The van der Waals surface area contributed by atoms with Crippen LogP contribution in [0.3, 0.4) is 0 Å². The molecule has 0 spiro atoms. The minimum atomic E-state index is -4.02. The topological polar surface area (TPSA) is 156 Å². The van der Waals surface area contributed by atoms with Gasteiger partial charge in [-0.15, -0.1) is 0 Å². The second-order valence-electron chi connectivity index (χ2n) is 11.0. The molecule has 0 radical (unpaired) electrons. The summed E-state index contributed by atoms with van der Waals surface area (Å²) in [6.45, 7) is 9.08. The normalized spacial score (nSPS) is 20.8. The second kappa shape index (κ2) is 11.7. The fraction of sp³-hybridized carbons (Fsp3) is 0.538. The molecule has 14 heteroatoms. The molecule has 1 unspecified atom stereocenters. The van der Waals surface area contributed by atoms with Crippen molar-refractivity contribution in [2.24, 2.45) is 5.41 Å². The number of aromatic nitrogens is 4. The number of anilines is 2. The van der Waals surface area contributed by atoms with Crippen LogP contribution in [0.4, 0.5) is 11.8 Å². The van der Waals surface area contributed by atoms with Crippen LogP contribution in [0.15, 0.2) is 36.7 Å². The maximum absolute atomic E-state index is 13.9. The van der Waals surface area contributed by atoms with Gasteiger partial charge in [0.15, 0.2) is 17.0 Å². The number of nitrogens with one attached hydrogen (secondary N) is 1. The molecule has 4 atom stereocenters. The van der Waals surface area contributed by atoms with Gasteiger partial charge < -0.3 is 24.6 Å². The van der Waals surface area contributed by atoms with Crippen molar-refractivity contribution < 1.29 is 27.9 Å². The first-order valence-corrected chi connectivity index (χ1v) is 14.6. The first kappa shape index (κ1) is 29.7. The van der Waals surface area contributed by atoms with Crippen LogP contribution in [0.5, 0.6) is 5.75 Å². The Labute approximate surface area is 234 Å². The molecule has 40 heavy (non-hydrogen) atoms. The van der Waals surface area contributed by atoms with E-state index in [0.29, 0.717) is 29.2 Å². The van der Waals surface area contributed by atoms with Crippen molar-refractivity contribution >= 4 is 36.6 Å². The third-order valence-corrected chi connectivity index (χ3v) is 7.94. The number of rotatable bonds is 11. The van der Waals surface area contributed by atoms with Crippen molar-refractivity contribution in [1.29, 1.82) is 0 Å². The number of hydrogen-bond donors (Lipinski definition) is 2. The molecule has 3 N–H and O–H groups in total. The second-order valence-corrected chi connectivity index (χ2v) is 12.7. The van der Waals surface area contributed by atoms with Crippen LogP contribution < -0.4 is 20.2 Å². The van der Waals surface area contributed by atoms with Crippen LogP contribution in [0.25, 0.3) is 11.2 Å². The van der Waals surface area contributed by atoms with Crippen molar-refractivity contribution in [2.45, 2.75) is 65.5 Å². The number of ether oxygens (including phenoxy) is 2. The molecule has 3 heterocycles. The number of carbonyl (C=O) groups is 1. The lowest BCUT2D eigenvalue weighted by Crippen LogP contribution is -2.36. The molecular formula is C26H38N7O6P. The highest BCUT2D eigenvalue weighted by Crippen LogP contribution is 2.49. The van der Waals surface area contributed by atoms with Crippen LogP contribution in [0, 0.1) is 5.41 Å². The summed E-state index contributed by atoms with van der Waals surface area (Å²) in [5.41, 5.74) is 6.78. The van der Waals surface area contributed by atoms with Crippen LogP contribution >= 0.6 is 7.75 Å². The molecule has 218 valence electrons. The van der Waals surface area contributed by atoms with E-state index in [1.54, 1.807) is 51.4 Å². The fourth-order valence-electron chi connectivity index (χ4n) is 4.56. The minimum absolute atomic E-state index is 0.0598. The summed E-state index contributed by atoms with van der Waals surface area (Å²) in [6.07, 6.45) is 1.00. The Bertz CT molecular complexity index is 1380.